The molecular weight excluding hydrogens is 254 g/mol. The molecule has 6 heteroatoms. The molecule has 2 saturated heterocycles. The Morgan fingerprint density at radius 1 is 1.55 bits per heavy atom. The van der Waals surface area contributed by atoms with E-state index < -0.39 is 0 Å². The summed E-state index contributed by atoms with van der Waals surface area (Å²) in [6.07, 6.45) is 6.81. The number of nitrogens with one attached hydrogen (secondary N) is 1. The Bertz CT molecular complexity index is 498. The van der Waals surface area contributed by atoms with Gasteiger partial charge >= 0.3 is 0 Å². The zero-order chi connectivity index (χ0) is 14.0. The predicted octanol–water partition coefficient (Wildman–Crippen LogP) is 0.979. The number of likely N-dealkylation sites (tertiary alicyclic amines) is 1. The summed E-state index contributed by atoms with van der Waals surface area (Å²) in [7, 11) is 1.99. The zero-order valence-corrected chi connectivity index (χ0v) is 11.9. The number of hydrogen-bond acceptors (Lipinski definition) is 5. The summed E-state index contributed by atoms with van der Waals surface area (Å²) in [6, 6.07) is 2.55. The van der Waals surface area contributed by atoms with Crippen molar-refractivity contribution in [2.24, 2.45) is 7.05 Å². The van der Waals surface area contributed by atoms with Crippen LogP contribution < -0.4 is 5.32 Å². The number of aromatic nitrogens is 2. The number of piperidine rings is 1. The summed E-state index contributed by atoms with van der Waals surface area (Å²) in [5.74, 6) is 0.901. The van der Waals surface area contributed by atoms with E-state index in [0.717, 1.165) is 44.9 Å². The summed E-state index contributed by atoms with van der Waals surface area (Å²) < 4.78 is 8.09. The van der Waals surface area contributed by atoms with E-state index in [1.54, 1.807) is 6.20 Å². The first-order chi connectivity index (χ1) is 9.71. The highest BCUT2D eigenvalue weighted by atomic mass is 16.5. The first-order valence-electron chi connectivity index (χ1n) is 7.18. The van der Waals surface area contributed by atoms with Gasteiger partial charge in [0.25, 0.3) is 0 Å². The molecule has 0 unspecified atom stereocenters. The lowest BCUT2D eigenvalue weighted by molar-refractivity contribution is -0.0412. The second-order valence-corrected chi connectivity index (χ2v) is 5.84. The molecule has 0 saturated carbocycles. The maximum absolute atomic E-state index is 8.74. The van der Waals surface area contributed by atoms with Crippen LogP contribution in [0.1, 0.15) is 19.3 Å². The minimum atomic E-state index is 0.00872. The fourth-order valence-corrected chi connectivity index (χ4v) is 3.19. The van der Waals surface area contributed by atoms with Crippen molar-refractivity contribution in [3.63, 3.8) is 0 Å². The third-order valence-electron chi connectivity index (χ3n) is 4.43. The maximum atomic E-state index is 8.74. The van der Waals surface area contributed by atoms with Gasteiger partial charge in [-0.15, -0.1) is 0 Å². The van der Waals surface area contributed by atoms with Crippen LogP contribution in [0.3, 0.4) is 0 Å². The van der Waals surface area contributed by atoms with Crippen molar-refractivity contribution >= 4 is 5.95 Å². The number of nitriles is 1. The molecule has 0 aromatic carbocycles. The van der Waals surface area contributed by atoms with Crippen LogP contribution in [-0.2, 0) is 11.8 Å². The average Bonchev–Trinajstić information content (AvgIpc) is 3.02. The quantitative estimate of drug-likeness (QED) is 0.833. The number of rotatable bonds is 3. The van der Waals surface area contributed by atoms with Gasteiger partial charge in [0.2, 0.25) is 5.95 Å². The Balaban J connectivity index is 1.55. The molecule has 3 rings (SSSR count). The van der Waals surface area contributed by atoms with Crippen LogP contribution in [0.2, 0.25) is 0 Å². The molecule has 6 nitrogen and oxygen atoms in total. The van der Waals surface area contributed by atoms with Crippen LogP contribution >= 0.6 is 0 Å². The van der Waals surface area contributed by atoms with Crippen LogP contribution in [0.25, 0.3) is 0 Å². The van der Waals surface area contributed by atoms with Gasteiger partial charge in [-0.25, -0.2) is 4.98 Å². The topological polar surface area (TPSA) is 66.1 Å². The van der Waals surface area contributed by atoms with Crippen LogP contribution in [0.4, 0.5) is 5.95 Å². The molecule has 2 aliphatic rings. The predicted molar refractivity (Wildman–Crippen MR) is 75.2 cm³/mol. The van der Waals surface area contributed by atoms with Crippen LogP contribution in [-0.4, -0.2) is 52.3 Å². The van der Waals surface area contributed by atoms with Crippen LogP contribution in [0.15, 0.2) is 12.4 Å². The number of aryl methyl sites for hydroxylation is 1. The maximum Gasteiger partial charge on any atom is 0.202 e. The van der Waals surface area contributed by atoms with Gasteiger partial charge in [0.15, 0.2) is 0 Å². The number of nitrogens with zero attached hydrogens (tertiary/aromatic N) is 4. The molecule has 0 amide bonds. The molecule has 0 aliphatic carbocycles. The van der Waals surface area contributed by atoms with Gasteiger partial charge in [0.05, 0.1) is 30.9 Å². The minimum absolute atomic E-state index is 0.00872. The molecular formula is C14H21N5O. The van der Waals surface area contributed by atoms with Gasteiger partial charge in [-0.3, -0.25) is 4.90 Å². The summed E-state index contributed by atoms with van der Waals surface area (Å²) in [5, 5.41) is 12.2. The summed E-state index contributed by atoms with van der Waals surface area (Å²) in [6.45, 7) is 3.20. The second-order valence-electron chi connectivity index (χ2n) is 5.84. The summed E-state index contributed by atoms with van der Waals surface area (Å²) in [5.41, 5.74) is 0.00872. The number of imidazole rings is 1. The standard InChI is InChI=1S/C14H21N5O/c1-18-9-5-16-13(18)17-12-10-14(20-11-12)2-6-19(7-3-14)8-4-15/h5,9,12H,2-3,6-8,10-11H2,1H3,(H,16,17)/t12-/m0/s1. The van der Waals surface area contributed by atoms with Crippen molar-refractivity contribution in [3.05, 3.63) is 12.4 Å². The Hall–Kier alpha value is -1.58. The molecule has 1 aromatic heterocycles. The second kappa shape index (κ2) is 5.43. The molecule has 1 N–H and O–H groups in total. The molecule has 1 aromatic rings. The summed E-state index contributed by atoms with van der Waals surface area (Å²) >= 11 is 0. The highest BCUT2D eigenvalue weighted by Crippen LogP contribution is 2.36. The molecule has 1 spiro atoms. The number of ether oxygens (including phenoxy) is 1. The van der Waals surface area contributed by atoms with Crippen molar-refractivity contribution in [2.75, 3.05) is 31.6 Å². The molecule has 0 radical (unpaired) electrons. The largest absolute Gasteiger partial charge is 0.373 e. The lowest BCUT2D eigenvalue weighted by Crippen LogP contribution is -2.44. The van der Waals surface area contributed by atoms with Gasteiger partial charge in [0, 0.05) is 32.5 Å². The molecule has 20 heavy (non-hydrogen) atoms. The molecule has 3 heterocycles. The zero-order valence-electron chi connectivity index (χ0n) is 11.9. The van der Waals surface area contributed by atoms with Gasteiger partial charge in [-0.1, -0.05) is 0 Å². The van der Waals surface area contributed by atoms with E-state index in [-0.39, 0.29) is 5.60 Å². The van der Waals surface area contributed by atoms with Crippen LogP contribution in [0, 0.1) is 11.3 Å². The third kappa shape index (κ3) is 2.65. The van der Waals surface area contributed by atoms with Crippen molar-refractivity contribution < 1.29 is 4.74 Å². The molecule has 1 atom stereocenters. The van der Waals surface area contributed by atoms with Gasteiger partial charge in [-0.05, 0) is 19.3 Å². The highest BCUT2D eigenvalue weighted by Gasteiger charge is 2.42. The Morgan fingerprint density at radius 3 is 3.00 bits per heavy atom. The monoisotopic (exact) mass is 275 g/mol. The van der Waals surface area contributed by atoms with E-state index in [4.69, 9.17) is 10.00 Å². The van der Waals surface area contributed by atoms with Crippen molar-refractivity contribution in [1.29, 1.82) is 5.26 Å². The van der Waals surface area contributed by atoms with Crippen molar-refractivity contribution in [2.45, 2.75) is 30.9 Å². The highest BCUT2D eigenvalue weighted by molar-refractivity contribution is 5.28. The van der Waals surface area contributed by atoms with Gasteiger partial charge < -0.3 is 14.6 Å². The minimum Gasteiger partial charge on any atom is -0.373 e. The van der Waals surface area contributed by atoms with Crippen LogP contribution in [0.5, 0.6) is 0 Å². The lowest BCUT2D eigenvalue weighted by Gasteiger charge is -2.37. The fraction of sp³-hybridized carbons (Fsp3) is 0.714. The van der Waals surface area contributed by atoms with E-state index in [1.165, 1.54) is 0 Å². The molecule has 0 bridgehead atoms. The number of anilines is 1. The smallest absolute Gasteiger partial charge is 0.202 e. The molecule has 2 aliphatic heterocycles. The Labute approximate surface area is 119 Å². The first-order valence-corrected chi connectivity index (χ1v) is 7.18. The SMILES string of the molecule is Cn1ccnc1N[C@@H]1COC2(CCN(CC#N)CC2)C1. The van der Waals surface area contributed by atoms with Gasteiger partial charge in [-0.2, -0.15) is 5.26 Å². The molecule has 2 fully saturated rings. The third-order valence-corrected chi connectivity index (χ3v) is 4.43. The van der Waals surface area contributed by atoms with E-state index >= 15 is 0 Å². The molecule has 108 valence electrons. The lowest BCUT2D eigenvalue weighted by atomic mass is 9.87. The Kier molecular flexibility index (Phi) is 3.64. The summed E-state index contributed by atoms with van der Waals surface area (Å²) in [4.78, 5) is 6.50. The van der Waals surface area contributed by atoms with E-state index in [2.05, 4.69) is 21.3 Å². The fourth-order valence-electron chi connectivity index (χ4n) is 3.19. The number of hydrogen-bond donors (Lipinski definition) is 1. The average molecular weight is 275 g/mol. The normalized spacial score (nSPS) is 25.7. The van der Waals surface area contributed by atoms with Crippen molar-refractivity contribution in [3.8, 4) is 6.07 Å². The Morgan fingerprint density at radius 2 is 2.35 bits per heavy atom. The van der Waals surface area contributed by atoms with E-state index in [1.807, 2.05) is 17.8 Å². The van der Waals surface area contributed by atoms with E-state index in [0.29, 0.717) is 12.6 Å². The van der Waals surface area contributed by atoms with E-state index in [9.17, 15) is 0 Å². The van der Waals surface area contributed by atoms with Crippen molar-refractivity contribution in [1.82, 2.24) is 14.5 Å². The van der Waals surface area contributed by atoms with Gasteiger partial charge in [0.1, 0.15) is 0 Å². The first kappa shape index (κ1) is 13.4.